The molecule has 0 aliphatic carbocycles. The first kappa shape index (κ1) is 34.7. The zero-order valence-electron chi connectivity index (χ0n) is 28.4. The first-order valence-electron chi connectivity index (χ1n) is 16.9. The van der Waals surface area contributed by atoms with E-state index in [9.17, 15) is 15.1 Å². The van der Waals surface area contributed by atoms with Gasteiger partial charge in [-0.3, -0.25) is 4.79 Å². The molecule has 8 nitrogen and oxygen atoms in total. The monoisotopic (exact) mass is 649 g/mol. The standard InChI is InChI=1S/C40H47N3O5/c1-5-6-22-47-23-24-48-36-16-11-30(12-17-36)32-13-18-37-34(25-32)26-33(19-21-42(37)27-28(2)3)40(45)41-35-14-9-31(10-15-35)39(44)38-29(4)8-7-20-43(38)46/h7-18,20,25-26,28,39,44H,5-6,19,21-24,27H2,1-4H3,(H,41,45). The van der Waals surface area contributed by atoms with Crippen molar-refractivity contribution in [2.45, 2.75) is 53.1 Å². The van der Waals surface area contributed by atoms with E-state index in [0.29, 0.717) is 52.7 Å². The summed E-state index contributed by atoms with van der Waals surface area (Å²) in [5, 5.41) is 26.2. The number of aliphatic hydroxyl groups excluding tert-OH is 1. The van der Waals surface area contributed by atoms with Crippen LogP contribution in [0.4, 0.5) is 11.4 Å². The van der Waals surface area contributed by atoms with E-state index >= 15 is 0 Å². The number of nitrogens with zero attached hydrogens (tertiary/aromatic N) is 2. The lowest BCUT2D eigenvalue weighted by atomic mass is 10.00. The van der Waals surface area contributed by atoms with Gasteiger partial charge >= 0.3 is 0 Å². The molecule has 1 atom stereocenters. The number of aliphatic hydroxyl groups is 1. The molecule has 0 spiro atoms. The minimum absolute atomic E-state index is 0.164. The molecule has 0 saturated heterocycles. The molecule has 0 fully saturated rings. The van der Waals surface area contributed by atoms with Crippen molar-refractivity contribution in [2.24, 2.45) is 5.92 Å². The minimum atomic E-state index is -1.07. The molecule has 1 aromatic heterocycles. The lowest BCUT2D eigenvalue weighted by Gasteiger charge is -2.27. The number of fused-ring (bicyclic) bond motifs is 1. The molecule has 0 bridgehead atoms. The van der Waals surface area contributed by atoms with Crippen LogP contribution in [0.3, 0.4) is 0 Å². The lowest BCUT2D eigenvalue weighted by Crippen LogP contribution is -2.34. The number of unbranched alkanes of at least 4 members (excludes halogenated alkanes) is 1. The fourth-order valence-corrected chi connectivity index (χ4v) is 5.95. The Kier molecular flexibility index (Phi) is 11.9. The van der Waals surface area contributed by atoms with Gasteiger partial charge < -0.3 is 30.0 Å². The normalized spacial score (nSPS) is 13.5. The number of amides is 1. The highest BCUT2D eigenvalue weighted by Crippen LogP contribution is 2.34. The predicted octanol–water partition coefficient (Wildman–Crippen LogP) is 7.46. The maximum atomic E-state index is 13.6. The minimum Gasteiger partial charge on any atom is -0.618 e. The van der Waals surface area contributed by atoms with E-state index in [1.807, 2.05) is 18.2 Å². The second-order valence-corrected chi connectivity index (χ2v) is 12.8. The Bertz CT molecular complexity index is 1680. The van der Waals surface area contributed by atoms with Crippen molar-refractivity contribution in [1.82, 2.24) is 0 Å². The maximum Gasteiger partial charge on any atom is 0.251 e. The molecule has 8 heteroatoms. The SMILES string of the molecule is CCCCOCCOc1ccc(-c2ccc3c(c2)C=C(C(=O)Nc2ccc(C(O)c4c(C)ccc[n+]4[O-])cc2)CCN3CC(C)C)cc1. The third-order valence-corrected chi connectivity index (χ3v) is 8.50. The van der Waals surface area contributed by atoms with Crippen LogP contribution in [0, 0.1) is 18.0 Å². The van der Waals surface area contributed by atoms with Gasteiger partial charge in [-0.15, -0.1) is 0 Å². The summed E-state index contributed by atoms with van der Waals surface area (Å²) in [7, 11) is 0. The number of hydrogen-bond donors (Lipinski definition) is 2. The van der Waals surface area contributed by atoms with Gasteiger partial charge in [0.05, 0.1) is 6.61 Å². The number of rotatable bonds is 14. The van der Waals surface area contributed by atoms with Gasteiger partial charge in [0.15, 0.2) is 12.3 Å². The van der Waals surface area contributed by atoms with Crippen LogP contribution in [-0.2, 0) is 9.53 Å². The Morgan fingerprint density at radius 3 is 2.46 bits per heavy atom. The predicted molar refractivity (Wildman–Crippen MR) is 192 cm³/mol. The molecule has 0 saturated carbocycles. The van der Waals surface area contributed by atoms with Gasteiger partial charge in [0, 0.05) is 48.3 Å². The number of anilines is 2. The van der Waals surface area contributed by atoms with Gasteiger partial charge in [-0.25, -0.2) is 0 Å². The van der Waals surface area contributed by atoms with E-state index in [1.54, 1.807) is 43.3 Å². The summed E-state index contributed by atoms with van der Waals surface area (Å²) in [6.07, 6.45) is 5.09. The number of aromatic nitrogens is 1. The number of carbonyl (C=O) groups is 1. The number of nitrogens with one attached hydrogen (secondary N) is 1. The third kappa shape index (κ3) is 8.82. The Morgan fingerprint density at radius 2 is 1.75 bits per heavy atom. The molecular weight excluding hydrogens is 602 g/mol. The zero-order chi connectivity index (χ0) is 34.0. The number of hydrogen-bond acceptors (Lipinski definition) is 6. The molecule has 1 aliphatic heterocycles. The van der Waals surface area contributed by atoms with Crippen LogP contribution < -0.4 is 19.7 Å². The van der Waals surface area contributed by atoms with Crippen LogP contribution in [0.5, 0.6) is 5.75 Å². The zero-order valence-corrected chi connectivity index (χ0v) is 28.4. The summed E-state index contributed by atoms with van der Waals surface area (Å²) in [5.41, 5.74) is 7.12. The number of carbonyl (C=O) groups excluding carboxylic acids is 1. The largest absolute Gasteiger partial charge is 0.618 e. The Hall–Kier alpha value is -4.66. The fourth-order valence-electron chi connectivity index (χ4n) is 5.95. The van der Waals surface area contributed by atoms with Crippen molar-refractivity contribution >= 4 is 23.4 Å². The molecular formula is C40H47N3O5. The molecule has 2 N–H and O–H groups in total. The smallest absolute Gasteiger partial charge is 0.251 e. The number of aryl methyl sites for hydroxylation is 1. The molecule has 1 aliphatic rings. The number of ether oxygens (including phenoxy) is 2. The van der Waals surface area contributed by atoms with Gasteiger partial charge in [0.25, 0.3) is 5.91 Å². The highest BCUT2D eigenvalue weighted by molar-refractivity contribution is 6.07. The molecule has 252 valence electrons. The average molecular weight is 650 g/mol. The van der Waals surface area contributed by atoms with Crippen LogP contribution >= 0.6 is 0 Å². The van der Waals surface area contributed by atoms with Crippen LogP contribution in [-0.4, -0.2) is 43.9 Å². The number of benzene rings is 3. The Labute approximate surface area is 284 Å². The quantitative estimate of drug-likeness (QED) is 0.0836. The maximum absolute atomic E-state index is 13.6. The highest BCUT2D eigenvalue weighted by atomic mass is 16.5. The van der Waals surface area contributed by atoms with E-state index in [1.165, 1.54) is 6.20 Å². The summed E-state index contributed by atoms with van der Waals surface area (Å²) in [5.74, 6) is 1.10. The molecule has 1 unspecified atom stereocenters. The van der Waals surface area contributed by atoms with Gasteiger partial charge in [-0.2, -0.15) is 4.73 Å². The second kappa shape index (κ2) is 16.4. The van der Waals surface area contributed by atoms with Crippen molar-refractivity contribution in [2.75, 3.05) is 43.1 Å². The first-order chi connectivity index (χ1) is 23.2. The average Bonchev–Trinajstić information content (AvgIpc) is 3.25. The summed E-state index contributed by atoms with van der Waals surface area (Å²) < 4.78 is 12.1. The van der Waals surface area contributed by atoms with E-state index in [2.05, 4.69) is 61.3 Å². The summed E-state index contributed by atoms with van der Waals surface area (Å²) in [6, 6.07) is 25.0. The van der Waals surface area contributed by atoms with Crippen LogP contribution in [0.15, 0.2) is 90.6 Å². The second-order valence-electron chi connectivity index (χ2n) is 12.8. The molecule has 3 aromatic carbocycles. The third-order valence-electron chi connectivity index (χ3n) is 8.50. The Balaban J connectivity index is 1.31. The van der Waals surface area contributed by atoms with Crippen LogP contribution in [0.2, 0.25) is 0 Å². The molecule has 0 radical (unpaired) electrons. The van der Waals surface area contributed by atoms with Crippen molar-refractivity contribution in [3.63, 3.8) is 0 Å². The molecule has 2 heterocycles. The van der Waals surface area contributed by atoms with Gasteiger partial charge in [-0.1, -0.05) is 57.5 Å². The molecule has 1 amide bonds. The van der Waals surface area contributed by atoms with Crippen molar-refractivity contribution < 1.29 is 24.1 Å². The fraction of sp³-hybridized carbons (Fsp3) is 0.350. The summed E-state index contributed by atoms with van der Waals surface area (Å²) >= 11 is 0. The van der Waals surface area contributed by atoms with Gasteiger partial charge in [0.1, 0.15) is 12.4 Å². The first-order valence-corrected chi connectivity index (χ1v) is 16.9. The van der Waals surface area contributed by atoms with Gasteiger partial charge in [-0.05, 0) is 96.5 Å². The van der Waals surface area contributed by atoms with E-state index in [4.69, 9.17) is 9.47 Å². The Morgan fingerprint density at radius 1 is 1.00 bits per heavy atom. The molecule has 48 heavy (non-hydrogen) atoms. The van der Waals surface area contributed by atoms with Crippen molar-refractivity contribution in [3.05, 3.63) is 118 Å². The van der Waals surface area contributed by atoms with Gasteiger partial charge in [0.2, 0.25) is 5.69 Å². The topological polar surface area (TPSA) is 98.0 Å². The summed E-state index contributed by atoms with van der Waals surface area (Å²) in [6.45, 7) is 11.8. The molecule has 5 rings (SSSR count). The summed E-state index contributed by atoms with van der Waals surface area (Å²) in [4.78, 5) is 16.0. The van der Waals surface area contributed by atoms with Crippen LogP contribution in [0.25, 0.3) is 17.2 Å². The van der Waals surface area contributed by atoms with Crippen molar-refractivity contribution in [3.8, 4) is 16.9 Å². The van der Waals surface area contributed by atoms with Crippen LogP contribution in [0.1, 0.15) is 68.5 Å². The molecule has 4 aromatic rings. The van der Waals surface area contributed by atoms with E-state index in [0.717, 1.165) is 60.7 Å². The van der Waals surface area contributed by atoms with Crippen molar-refractivity contribution in [1.29, 1.82) is 0 Å². The van der Waals surface area contributed by atoms with E-state index in [-0.39, 0.29) is 11.6 Å². The van der Waals surface area contributed by atoms with E-state index < -0.39 is 6.10 Å². The lowest BCUT2D eigenvalue weighted by molar-refractivity contribution is -0.618. The number of pyridine rings is 1. The highest BCUT2D eigenvalue weighted by Gasteiger charge is 2.23.